The monoisotopic (exact) mass is 470 g/mol. The quantitative estimate of drug-likeness (QED) is 0.402. The maximum Gasteiger partial charge on any atom is 0.356 e. The van der Waals surface area contributed by atoms with Gasteiger partial charge in [-0.2, -0.15) is 5.10 Å². The molecule has 5 rings (SSSR count). The molecule has 4 aromatic rings. The number of anilines is 1. The number of benzene rings is 1. The van der Waals surface area contributed by atoms with E-state index in [-0.39, 0.29) is 6.04 Å². The zero-order valence-corrected chi connectivity index (χ0v) is 18.8. The molecule has 0 amide bonds. The zero-order valence-electron chi connectivity index (χ0n) is 17.3. The van der Waals surface area contributed by atoms with Crippen LogP contribution in [0.25, 0.3) is 16.6 Å². The minimum absolute atomic E-state index is 0.108. The molecular weight excluding hydrogens is 451 g/mol. The number of carbonyl (C=O) groups excluding carboxylic acids is 1. The third kappa shape index (κ3) is 3.59. The van der Waals surface area contributed by atoms with Crippen molar-refractivity contribution in [1.82, 2.24) is 24.3 Å². The molecule has 1 aromatic carbocycles. The molecule has 8 nitrogen and oxygen atoms in total. The second-order valence-corrected chi connectivity index (χ2v) is 8.39. The molecule has 0 unspecified atom stereocenters. The molecule has 1 aliphatic rings. The van der Waals surface area contributed by atoms with Gasteiger partial charge in [-0.1, -0.05) is 23.2 Å². The van der Waals surface area contributed by atoms with Gasteiger partial charge in [0.25, 0.3) is 0 Å². The Morgan fingerprint density at radius 1 is 1.25 bits per heavy atom. The Morgan fingerprint density at radius 2 is 2.12 bits per heavy atom. The molecule has 3 aromatic heterocycles. The van der Waals surface area contributed by atoms with E-state index in [1.54, 1.807) is 35.5 Å². The van der Waals surface area contributed by atoms with Crippen LogP contribution in [0.15, 0.2) is 49.2 Å². The molecular formula is C22H20Cl2N6O2. The number of rotatable bonds is 5. The van der Waals surface area contributed by atoms with E-state index in [1.165, 1.54) is 7.11 Å². The first kappa shape index (κ1) is 20.8. The van der Waals surface area contributed by atoms with E-state index < -0.39 is 5.97 Å². The maximum atomic E-state index is 12.1. The summed E-state index contributed by atoms with van der Waals surface area (Å²) >= 11 is 12.9. The van der Waals surface area contributed by atoms with E-state index in [0.29, 0.717) is 27.8 Å². The first-order valence-electron chi connectivity index (χ1n) is 10.2. The first-order chi connectivity index (χ1) is 15.6. The van der Waals surface area contributed by atoms with Gasteiger partial charge in [-0.05, 0) is 31.0 Å². The molecule has 0 spiro atoms. The number of imidazole rings is 1. The van der Waals surface area contributed by atoms with E-state index in [0.717, 1.165) is 36.3 Å². The van der Waals surface area contributed by atoms with Crippen LogP contribution in [0, 0.1) is 0 Å². The Morgan fingerprint density at radius 3 is 2.91 bits per heavy atom. The van der Waals surface area contributed by atoms with Gasteiger partial charge in [0.1, 0.15) is 11.5 Å². The van der Waals surface area contributed by atoms with Gasteiger partial charge in [-0.3, -0.25) is 4.68 Å². The van der Waals surface area contributed by atoms with Crippen LogP contribution in [0.4, 0.5) is 5.82 Å². The van der Waals surface area contributed by atoms with Crippen LogP contribution >= 0.6 is 23.2 Å². The lowest BCUT2D eigenvalue weighted by molar-refractivity contribution is 0.0586. The predicted octanol–water partition coefficient (Wildman–Crippen LogP) is 4.38. The number of pyridine rings is 1. The van der Waals surface area contributed by atoms with Crippen LogP contribution in [0.1, 0.15) is 23.3 Å². The SMILES string of the molecule is COC(=O)c1ccnn1C[C@@H]1CCCN1c1cc(-n2ccnc2)c2ccc(Cl)c(Cl)c2n1. The van der Waals surface area contributed by atoms with Crippen molar-refractivity contribution in [2.45, 2.75) is 25.4 Å². The molecule has 0 bridgehead atoms. The lowest BCUT2D eigenvalue weighted by Gasteiger charge is -2.27. The number of halogens is 2. The van der Waals surface area contributed by atoms with E-state index in [1.807, 2.05) is 22.9 Å². The minimum Gasteiger partial charge on any atom is -0.464 e. The van der Waals surface area contributed by atoms with Crippen molar-refractivity contribution in [3.05, 3.63) is 64.9 Å². The number of methoxy groups -OCH3 is 1. The molecule has 1 aliphatic heterocycles. The number of ether oxygens (including phenoxy) is 1. The van der Waals surface area contributed by atoms with Crippen molar-refractivity contribution in [3.63, 3.8) is 0 Å². The van der Waals surface area contributed by atoms with Crippen molar-refractivity contribution < 1.29 is 9.53 Å². The fourth-order valence-corrected chi connectivity index (χ4v) is 4.61. The number of aromatic nitrogens is 5. The molecule has 0 saturated carbocycles. The maximum absolute atomic E-state index is 12.1. The summed E-state index contributed by atoms with van der Waals surface area (Å²) in [6.45, 7) is 1.38. The largest absolute Gasteiger partial charge is 0.464 e. The highest BCUT2D eigenvalue weighted by Crippen LogP contribution is 2.36. The Labute approximate surface area is 194 Å². The van der Waals surface area contributed by atoms with Crippen LogP contribution in [0.3, 0.4) is 0 Å². The van der Waals surface area contributed by atoms with Gasteiger partial charge in [0.05, 0.1) is 47.3 Å². The van der Waals surface area contributed by atoms with Crippen molar-refractivity contribution >= 4 is 45.9 Å². The van der Waals surface area contributed by atoms with Crippen LogP contribution in [0.5, 0.6) is 0 Å². The molecule has 4 heterocycles. The normalized spacial score (nSPS) is 16.1. The van der Waals surface area contributed by atoms with E-state index in [9.17, 15) is 4.79 Å². The summed E-state index contributed by atoms with van der Waals surface area (Å²) in [5.74, 6) is 0.388. The standard InChI is InChI=1S/C22H20Cl2N6O2/c1-32-22(31)17-6-7-26-30(17)12-14-3-2-9-29(14)19-11-18(28-10-8-25-13-28)15-4-5-16(23)20(24)21(15)27-19/h4-8,10-11,13-14H,2-3,9,12H2,1H3/t14-/m0/s1. The van der Waals surface area contributed by atoms with E-state index in [2.05, 4.69) is 15.0 Å². The van der Waals surface area contributed by atoms with Crippen molar-refractivity contribution in [3.8, 4) is 5.69 Å². The molecule has 1 atom stereocenters. The number of fused-ring (bicyclic) bond motifs is 1. The van der Waals surface area contributed by atoms with Crippen LogP contribution in [-0.2, 0) is 11.3 Å². The second kappa shape index (κ2) is 8.44. The van der Waals surface area contributed by atoms with Crippen LogP contribution in [-0.4, -0.2) is 50.0 Å². The molecule has 164 valence electrons. The van der Waals surface area contributed by atoms with Crippen LogP contribution < -0.4 is 4.90 Å². The fraction of sp³-hybridized carbons (Fsp3) is 0.273. The van der Waals surface area contributed by atoms with Gasteiger partial charge in [0.2, 0.25) is 0 Å². The van der Waals surface area contributed by atoms with Gasteiger partial charge < -0.3 is 14.2 Å². The minimum atomic E-state index is -0.403. The van der Waals surface area contributed by atoms with E-state index in [4.69, 9.17) is 32.9 Å². The predicted molar refractivity (Wildman–Crippen MR) is 123 cm³/mol. The van der Waals surface area contributed by atoms with E-state index >= 15 is 0 Å². The summed E-state index contributed by atoms with van der Waals surface area (Å²) in [4.78, 5) is 23.4. The first-order valence-corrected chi connectivity index (χ1v) is 11.0. The second-order valence-electron chi connectivity index (χ2n) is 7.61. The number of hydrogen-bond acceptors (Lipinski definition) is 6. The van der Waals surface area contributed by atoms with Gasteiger partial charge >= 0.3 is 5.97 Å². The molecule has 32 heavy (non-hydrogen) atoms. The summed E-state index contributed by atoms with van der Waals surface area (Å²) in [5.41, 5.74) is 1.99. The summed E-state index contributed by atoms with van der Waals surface area (Å²) < 4.78 is 8.51. The third-order valence-electron chi connectivity index (χ3n) is 5.79. The highest BCUT2D eigenvalue weighted by atomic mass is 35.5. The van der Waals surface area contributed by atoms with Crippen LogP contribution in [0.2, 0.25) is 10.0 Å². The number of carbonyl (C=O) groups is 1. The van der Waals surface area contributed by atoms with Gasteiger partial charge in [0.15, 0.2) is 0 Å². The van der Waals surface area contributed by atoms with Crippen molar-refractivity contribution in [2.24, 2.45) is 0 Å². The lowest BCUT2D eigenvalue weighted by Crippen LogP contribution is -2.34. The number of nitrogens with zero attached hydrogens (tertiary/aromatic N) is 6. The zero-order chi connectivity index (χ0) is 22.2. The molecule has 10 heteroatoms. The molecule has 1 saturated heterocycles. The Balaban J connectivity index is 1.57. The lowest BCUT2D eigenvalue weighted by atomic mass is 10.1. The Kier molecular flexibility index (Phi) is 5.48. The van der Waals surface area contributed by atoms with Gasteiger partial charge in [0, 0.05) is 36.6 Å². The van der Waals surface area contributed by atoms with Gasteiger partial charge in [-0.25, -0.2) is 14.8 Å². The summed E-state index contributed by atoms with van der Waals surface area (Å²) in [7, 11) is 1.37. The average Bonchev–Trinajstić information content (AvgIpc) is 3.57. The number of hydrogen-bond donors (Lipinski definition) is 0. The smallest absolute Gasteiger partial charge is 0.356 e. The number of esters is 1. The summed E-state index contributed by atoms with van der Waals surface area (Å²) in [6, 6.07) is 7.51. The van der Waals surface area contributed by atoms with Gasteiger partial charge in [-0.15, -0.1) is 0 Å². The Hall–Kier alpha value is -3.10. The van der Waals surface area contributed by atoms with Crippen molar-refractivity contribution in [2.75, 3.05) is 18.6 Å². The molecule has 0 radical (unpaired) electrons. The molecule has 1 fully saturated rings. The summed E-state index contributed by atoms with van der Waals surface area (Å²) in [6.07, 6.45) is 8.92. The summed E-state index contributed by atoms with van der Waals surface area (Å²) in [5, 5.41) is 6.09. The highest BCUT2D eigenvalue weighted by molar-refractivity contribution is 6.45. The topological polar surface area (TPSA) is 78.1 Å². The van der Waals surface area contributed by atoms with Crippen molar-refractivity contribution in [1.29, 1.82) is 0 Å². The Bertz CT molecular complexity index is 1290. The molecule has 0 aliphatic carbocycles. The average molecular weight is 471 g/mol. The highest BCUT2D eigenvalue weighted by Gasteiger charge is 2.29. The fourth-order valence-electron chi connectivity index (χ4n) is 4.25. The molecule has 0 N–H and O–H groups in total. The third-order valence-corrected chi connectivity index (χ3v) is 6.58.